The second-order valence-electron chi connectivity index (χ2n) is 4.38. The van der Waals surface area contributed by atoms with Gasteiger partial charge in [0.25, 0.3) is 0 Å². The van der Waals surface area contributed by atoms with Crippen molar-refractivity contribution in [3.63, 3.8) is 0 Å². The summed E-state index contributed by atoms with van der Waals surface area (Å²) in [6.07, 6.45) is -2.47. The minimum absolute atomic E-state index is 0.0565. The van der Waals surface area contributed by atoms with Gasteiger partial charge in [-0.1, -0.05) is 15.9 Å². The first-order chi connectivity index (χ1) is 8.47. The van der Waals surface area contributed by atoms with E-state index in [-0.39, 0.29) is 11.7 Å². The zero-order valence-corrected chi connectivity index (χ0v) is 11.2. The van der Waals surface area contributed by atoms with Gasteiger partial charge in [0, 0.05) is 22.7 Å². The lowest BCUT2D eigenvalue weighted by Crippen LogP contribution is -2.38. The Kier molecular flexibility index (Phi) is 4.17. The van der Waals surface area contributed by atoms with Crippen molar-refractivity contribution in [3.8, 4) is 0 Å². The number of halogens is 4. The monoisotopic (exact) mass is 322 g/mol. The minimum atomic E-state index is -4.34. The van der Waals surface area contributed by atoms with E-state index in [4.69, 9.17) is 0 Å². The molecular formula is C12H14BrF3N2. The van der Waals surface area contributed by atoms with Gasteiger partial charge >= 0.3 is 6.18 Å². The van der Waals surface area contributed by atoms with E-state index in [0.717, 1.165) is 25.5 Å². The predicted molar refractivity (Wildman–Crippen MR) is 68.7 cm³/mol. The average molecular weight is 323 g/mol. The molecule has 1 aliphatic rings. The summed E-state index contributed by atoms with van der Waals surface area (Å²) in [5, 5.41) is 6.15. The molecule has 1 aromatic rings. The Bertz CT molecular complexity index is 414. The Balaban J connectivity index is 2.21. The summed E-state index contributed by atoms with van der Waals surface area (Å²) in [6, 6.07) is 4.26. The number of piperidine rings is 1. The van der Waals surface area contributed by atoms with E-state index < -0.39 is 11.7 Å². The Morgan fingerprint density at radius 3 is 2.72 bits per heavy atom. The fraction of sp³-hybridized carbons (Fsp3) is 0.500. The molecule has 0 bridgehead atoms. The van der Waals surface area contributed by atoms with E-state index in [1.54, 1.807) is 6.07 Å². The van der Waals surface area contributed by atoms with Crippen LogP contribution in [-0.2, 0) is 6.18 Å². The van der Waals surface area contributed by atoms with Gasteiger partial charge in [0.1, 0.15) is 0 Å². The molecule has 100 valence electrons. The van der Waals surface area contributed by atoms with Crippen LogP contribution in [0, 0.1) is 0 Å². The van der Waals surface area contributed by atoms with Crippen LogP contribution in [0.25, 0.3) is 0 Å². The van der Waals surface area contributed by atoms with Crippen molar-refractivity contribution in [3.05, 3.63) is 28.2 Å². The second-order valence-corrected chi connectivity index (χ2v) is 5.29. The van der Waals surface area contributed by atoms with Gasteiger partial charge in [0.15, 0.2) is 0 Å². The molecule has 0 aliphatic carbocycles. The lowest BCUT2D eigenvalue weighted by molar-refractivity contribution is -0.137. The van der Waals surface area contributed by atoms with Crippen molar-refractivity contribution in [2.24, 2.45) is 0 Å². The predicted octanol–water partition coefficient (Wildman–Crippen LogP) is 3.63. The Morgan fingerprint density at radius 2 is 2.11 bits per heavy atom. The number of benzene rings is 1. The molecule has 1 saturated heterocycles. The molecule has 0 aromatic heterocycles. The van der Waals surface area contributed by atoms with E-state index in [1.165, 1.54) is 6.07 Å². The first kappa shape index (κ1) is 13.7. The third-order valence-electron chi connectivity index (χ3n) is 2.94. The van der Waals surface area contributed by atoms with E-state index in [1.807, 2.05) is 0 Å². The summed E-state index contributed by atoms with van der Waals surface area (Å²) in [6.45, 7) is 1.64. The SMILES string of the molecule is FC(F)(F)c1cc(Br)ccc1NC1CCCNC1. The third kappa shape index (κ3) is 3.38. The summed E-state index contributed by atoms with van der Waals surface area (Å²) in [5.41, 5.74) is -0.471. The zero-order chi connectivity index (χ0) is 13.2. The number of nitrogens with one attached hydrogen (secondary N) is 2. The molecule has 0 saturated carbocycles. The van der Waals surface area contributed by atoms with Crippen LogP contribution in [0.3, 0.4) is 0 Å². The van der Waals surface area contributed by atoms with Crippen molar-refractivity contribution >= 4 is 21.6 Å². The highest BCUT2D eigenvalue weighted by Gasteiger charge is 2.34. The summed E-state index contributed by atoms with van der Waals surface area (Å²) < 4.78 is 39.2. The van der Waals surface area contributed by atoms with Crippen molar-refractivity contribution in [1.29, 1.82) is 0 Å². The highest BCUT2D eigenvalue weighted by Crippen LogP contribution is 2.37. The maximum absolute atomic E-state index is 12.9. The molecule has 0 spiro atoms. The summed E-state index contributed by atoms with van der Waals surface area (Å²) >= 11 is 3.07. The quantitative estimate of drug-likeness (QED) is 0.868. The van der Waals surface area contributed by atoms with Crippen LogP contribution in [0.5, 0.6) is 0 Å². The van der Waals surface area contributed by atoms with Crippen LogP contribution in [-0.4, -0.2) is 19.1 Å². The van der Waals surface area contributed by atoms with Crippen LogP contribution in [0.4, 0.5) is 18.9 Å². The largest absolute Gasteiger partial charge is 0.418 e. The Labute approximate surface area is 112 Å². The maximum Gasteiger partial charge on any atom is 0.418 e. The van der Waals surface area contributed by atoms with Crippen molar-refractivity contribution < 1.29 is 13.2 Å². The molecule has 0 radical (unpaired) electrons. The van der Waals surface area contributed by atoms with Crippen LogP contribution in [0.1, 0.15) is 18.4 Å². The summed E-state index contributed by atoms with van der Waals surface area (Å²) in [5.74, 6) is 0. The number of alkyl halides is 3. The molecule has 1 fully saturated rings. The van der Waals surface area contributed by atoms with Crippen molar-refractivity contribution in [2.75, 3.05) is 18.4 Å². The molecule has 1 unspecified atom stereocenters. The molecule has 2 rings (SSSR count). The van der Waals surface area contributed by atoms with Gasteiger partial charge in [-0.05, 0) is 37.6 Å². The fourth-order valence-corrected chi connectivity index (χ4v) is 2.43. The highest BCUT2D eigenvalue weighted by molar-refractivity contribution is 9.10. The molecule has 2 nitrogen and oxygen atoms in total. The topological polar surface area (TPSA) is 24.1 Å². The molecule has 1 aromatic carbocycles. The molecule has 0 amide bonds. The summed E-state index contributed by atoms with van der Waals surface area (Å²) in [7, 11) is 0. The van der Waals surface area contributed by atoms with Gasteiger partial charge in [0.2, 0.25) is 0 Å². The first-order valence-electron chi connectivity index (χ1n) is 5.81. The van der Waals surface area contributed by atoms with Crippen LogP contribution in [0.2, 0.25) is 0 Å². The van der Waals surface area contributed by atoms with Gasteiger partial charge in [-0.15, -0.1) is 0 Å². The zero-order valence-electron chi connectivity index (χ0n) is 9.65. The molecule has 2 N–H and O–H groups in total. The summed E-state index contributed by atoms with van der Waals surface area (Å²) in [4.78, 5) is 0. The van der Waals surface area contributed by atoms with E-state index in [9.17, 15) is 13.2 Å². The first-order valence-corrected chi connectivity index (χ1v) is 6.60. The maximum atomic E-state index is 12.9. The molecule has 1 heterocycles. The van der Waals surface area contributed by atoms with Gasteiger partial charge in [-0.2, -0.15) is 13.2 Å². The molecule has 6 heteroatoms. The van der Waals surface area contributed by atoms with Crippen LogP contribution >= 0.6 is 15.9 Å². The molecule has 1 aliphatic heterocycles. The smallest absolute Gasteiger partial charge is 0.381 e. The van der Waals surface area contributed by atoms with Gasteiger partial charge < -0.3 is 10.6 Å². The fourth-order valence-electron chi connectivity index (χ4n) is 2.07. The standard InChI is InChI=1S/C12H14BrF3N2/c13-8-3-4-11(10(6-8)12(14,15)16)18-9-2-1-5-17-7-9/h3-4,6,9,17-18H,1-2,5,7H2. The van der Waals surface area contributed by atoms with Gasteiger partial charge in [-0.3, -0.25) is 0 Å². The van der Waals surface area contributed by atoms with Crippen molar-refractivity contribution in [2.45, 2.75) is 25.1 Å². The lowest BCUT2D eigenvalue weighted by atomic mass is 10.1. The number of rotatable bonds is 2. The van der Waals surface area contributed by atoms with Crippen LogP contribution < -0.4 is 10.6 Å². The number of anilines is 1. The van der Waals surface area contributed by atoms with E-state index in [2.05, 4.69) is 26.6 Å². The Hall–Kier alpha value is -0.750. The van der Waals surface area contributed by atoms with E-state index >= 15 is 0 Å². The average Bonchev–Trinajstić information content (AvgIpc) is 2.31. The Morgan fingerprint density at radius 1 is 1.33 bits per heavy atom. The normalized spacial score (nSPS) is 20.8. The van der Waals surface area contributed by atoms with Gasteiger partial charge in [0.05, 0.1) is 5.56 Å². The van der Waals surface area contributed by atoms with Crippen molar-refractivity contribution in [1.82, 2.24) is 5.32 Å². The second kappa shape index (κ2) is 5.48. The molecular weight excluding hydrogens is 309 g/mol. The number of hydrogen-bond acceptors (Lipinski definition) is 2. The third-order valence-corrected chi connectivity index (χ3v) is 3.44. The lowest BCUT2D eigenvalue weighted by Gasteiger charge is -2.26. The molecule has 1 atom stereocenters. The van der Waals surface area contributed by atoms with Gasteiger partial charge in [-0.25, -0.2) is 0 Å². The minimum Gasteiger partial charge on any atom is -0.381 e. The molecule has 18 heavy (non-hydrogen) atoms. The van der Waals surface area contributed by atoms with E-state index in [0.29, 0.717) is 11.0 Å². The number of hydrogen-bond donors (Lipinski definition) is 2. The highest BCUT2D eigenvalue weighted by atomic mass is 79.9. The van der Waals surface area contributed by atoms with Crippen LogP contribution in [0.15, 0.2) is 22.7 Å².